The average molecular weight is 175 g/mol. The average Bonchev–Trinajstić information content (AvgIpc) is 2.20. The molecule has 65 valence electrons. The van der Waals surface area contributed by atoms with Gasteiger partial charge in [-0.05, 0) is 11.6 Å². The van der Waals surface area contributed by atoms with Gasteiger partial charge >= 0.3 is 0 Å². The zero-order valence-corrected chi connectivity index (χ0v) is 6.92. The third-order valence-electron chi connectivity index (χ3n) is 1.86. The molecule has 1 aliphatic heterocycles. The van der Waals surface area contributed by atoms with Crippen LogP contribution in [0.4, 0.5) is 4.39 Å². The van der Waals surface area contributed by atoms with E-state index in [1.54, 1.807) is 24.4 Å². The normalized spacial score (nSPS) is 15.0. The van der Waals surface area contributed by atoms with Crippen LogP contribution >= 0.6 is 0 Å². The molecule has 2 nitrogen and oxygen atoms in total. The van der Waals surface area contributed by atoms with Crippen LogP contribution in [-0.2, 0) is 0 Å². The van der Waals surface area contributed by atoms with E-state index in [1.807, 2.05) is 0 Å². The Morgan fingerprint density at radius 1 is 1.38 bits per heavy atom. The van der Waals surface area contributed by atoms with E-state index in [0.29, 0.717) is 12.1 Å². The van der Waals surface area contributed by atoms with Gasteiger partial charge in [0, 0.05) is 18.3 Å². The van der Waals surface area contributed by atoms with Crippen molar-refractivity contribution in [1.82, 2.24) is 5.32 Å². The van der Waals surface area contributed by atoms with Crippen LogP contribution < -0.4 is 5.32 Å². The summed E-state index contributed by atoms with van der Waals surface area (Å²) in [6.07, 6.45) is 4.20. The lowest BCUT2D eigenvalue weighted by molar-refractivity contribution is 0.623. The minimum absolute atomic E-state index is 0.215. The molecule has 0 unspecified atom stereocenters. The SMILES string of the molecule is Fc1ccccc1C1=CN=[C]NC1. The molecule has 1 N–H and O–H groups in total. The Hall–Kier alpha value is -1.64. The lowest BCUT2D eigenvalue weighted by atomic mass is 10.1. The summed E-state index contributed by atoms with van der Waals surface area (Å²) >= 11 is 0. The van der Waals surface area contributed by atoms with E-state index in [2.05, 4.69) is 16.6 Å². The Bertz CT molecular complexity index is 369. The van der Waals surface area contributed by atoms with Crippen LogP contribution in [0.1, 0.15) is 5.56 Å². The lowest BCUT2D eigenvalue weighted by Crippen LogP contribution is -2.17. The molecule has 0 saturated heterocycles. The van der Waals surface area contributed by atoms with Crippen LogP contribution in [0, 0.1) is 5.82 Å². The summed E-state index contributed by atoms with van der Waals surface area (Å²) in [5, 5.41) is 2.81. The number of aliphatic imine (C=N–C) groups is 1. The molecule has 0 bridgehead atoms. The van der Waals surface area contributed by atoms with Crippen LogP contribution in [0.3, 0.4) is 0 Å². The monoisotopic (exact) mass is 175 g/mol. The molecular formula is C10H8FN2. The number of rotatable bonds is 1. The summed E-state index contributed by atoms with van der Waals surface area (Å²) in [6, 6.07) is 6.66. The number of nitrogens with one attached hydrogen (secondary N) is 1. The van der Waals surface area contributed by atoms with Crippen LogP contribution in [0.5, 0.6) is 0 Å². The number of hydrogen-bond donors (Lipinski definition) is 1. The van der Waals surface area contributed by atoms with E-state index >= 15 is 0 Å². The highest BCUT2D eigenvalue weighted by Gasteiger charge is 2.07. The van der Waals surface area contributed by atoms with Crippen molar-refractivity contribution in [1.29, 1.82) is 0 Å². The van der Waals surface area contributed by atoms with Crippen molar-refractivity contribution >= 4 is 11.9 Å². The molecule has 0 atom stereocenters. The van der Waals surface area contributed by atoms with E-state index < -0.39 is 0 Å². The molecule has 2 rings (SSSR count). The molecule has 0 spiro atoms. The van der Waals surface area contributed by atoms with Crippen LogP contribution in [-0.4, -0.2) is 12.9 Å². The summed E-state index contributed by atoms with van der Waals surface area (Å²) < 4.78 is 13.2. The van der Waals surface area contributed by atoms with E-state index in [4.69, 9.17) is 0 Å². The number of nitrogens with zero attached hydrogens (tertiary/aromatic N) is 1. The van der Waals surface area contributed by atoms with Crippen molar-refractivity contribution in [3.63, 3.8) is 0 Å². The first-order valence-electron chi connectivity index (χ1n) is 3.99. The van der Waals surface area contributed by atoms with Crippen molar-refractivity contribution in [2.24, 2.45) is 4.99 Å². The van der Waals surface area contributed by atoms with Crippen molar-refractivity contribution in [3.05, 3.63) is 41.8 Å². The first-order chi connectivity index (χ1) is 6.38. The molecule has 13 heavy (non-hydrogen) atoms. The van der Waals surface area contributed by atoms with E-state index in [1.165, 1.54) is 6.07 Å². The highest BCUT2D eigenvalue weighted by Crippen LogP contribution is 2.18. The van der Waals surface area contributed by atoms with Gasteiger partial charge in [0.1, 0.15) is 5.82 Å². The van der Waals surface area contributed by atoms with E-state index in [0.717, 1.165) is 5.57 Å². The first kappa shape index (κ1) is 7.98. The maximum Gasteiger partial charge on any atom is 0.169 e. The van der Waals surface area contributed by atoms with Crippen molar-refractivity contribution in [3.8, 4) is 0 Å². The zero-order valence-electron chi connectivity index (χ0n) is 6.92. The van der Waals surface area contributed by atoms with Gasteiger partial charge in [-0.2, -0.15) is 0 Å². The maximum absolute atomic E-state index is 13.2. The van der Waals surface area contributed by atoms with E-state index in [9.17, 15) is 4.39 Å². The predicted octanol–water partition coefficient (Wildman–Crippen LogP) is 1.68. The first-order valence-corrected chi connectivity index (χ1v) is 3.99. The van der Waals surface area contributed by atoms with Gasteiger partial charge in [-0.15, -0.1) is 0 Å². The summed E-state index contributed by atoms with van der Waals surface area (Å²) in [7, 11) is 0. The minimum atomic E-state index is -0.215. The number of hydrogen-bond acceptors (Lipinski definition) is 2. The maximum atomic E-state index is 13.2. The Morgan fingerprint density at radius 2 is 2.23 bits per heavy atom. The molecule has 1 aromatic rings. The van der Waals surface area contributed by atoms with Gasteiger partial charge < -0.3 is 5.32 Å². The van der Waals surface area contributed by atoms with Gasteiger partial charge in [0.25, 0.3) is 0 Å². The Labute approximate surface area is 75.8 Å². The van der Waals surface area contributed by atoms with Gasteiger partial charge in [-0.25, -0.2) is 9.38 Å². The Balaban J connectivity index is 2.40. The zero-order chi connectivity index (χ0) is 9.10. The van der Waals surface area contributed by atoms with Gasteiger partial charge in [-0.3, -0.25) is 0 Å². The van der Waals surface area contributed by atoms with Crippen LogP contribution in [0.25, 0.3) is 5.57 Å². The smallest absolute Gasteiger partial charge is 0.169 e. The molecular weight excluding hydrogens is 167 g/mol. The number of halogens is 1. The van der Waals surface area contributed by atoms with Crippen LogP contribution in [0.15, 0.2) is 35.5 Å². The van der Waals surface area contributed by atoms with Gasteiger partial charge in [0.05, 0.1) is 0 Å². The van der Waals surface area contributed by atoms with Gasteiger partial charge in [-0.1, -0.05) is 18.2 Å². The highest BCUT2D eigenvalue weighted by atomic mass is 19.1. The molecule has 0 aliphatic carbocycles. The molecule has 1 aromatic carbocycles. The second-order valence-corrected chi connectivity index (χ2v) is 2.73. The van der Waals surface area contributed by atoms with Crippen molar-refractivity contribution in [2.45, 2.75) is 0 Å². The molecule has 0 amide bonds. The third kappa shape index (κ3) is 1.59. The lowest BCUT2D eigenvalue weighted by Gasteiger charge is -2.09. The van der Waals surface area contributed by atoms with E-state index in [-0.39, 0.29) is 5.82 Å². The van der Waals surface area contributed by atoms with Crippen molar-refractivity contribution in [2.75, 3.05) is 6.54 Å². The molecule has 1 radical (unpaired) electrons. The second-order valence-electron chi connectivity index (χ2n) is 2.73. The molecule has 1 aliphatic rings. The summed E-state index contributed by atoms with van der Waals surface area (Å²) in [6.45, 7) is 0.574. The fraction of sp³-hybridized carbons (Fsp3) is 0.100. The molecule has 0 aromatic heterocycles. The fourth-order valence-corrected chi connectivity index (χ4v) is 1.22. The topological polar surface area (TPSA) is 24.4 Å². The molecule has 1 heterocycles. The quantitative estimate of drug-likeness (QED) is 0.689. The minimum Gasteiger partial charge on any atom is -0.363 e. The predicted molar refractivity (Wildman–Crippen MR) is 49.8 cm³/mol. The summed E-state index contributed by atoms with van der Waals surface area (Å²) in [5.41, 5.74) is 1.44. The van der Waals surface area contributed by atoms with Crippen LogP contribution in [0.2, 0.25) is 0 Å². The second kappa shape index (κ2) is 3.39. The largest absolute Gasteiger partial charge is 0.363 e. The molecule has 0 fully saturated rings. The fourth-order valence-electron chi connectivity index (χ4n) is 1.22. The third-order valence-corrected chi connectivity index (χ3v) is 1.86. The Morgan fingerprint density at radius 3 is 2.92 bits per heavy atom. The van der Waals surface area contributed by atoms with Gasteiger partial charge in [0.15, 0.2) is 6.34 Å². The van der Waals surface area contributed by atoms with Gasteiger partial charge in [0.2, 0.25) is 0 Å². The summed E-state index contributed by atoms with van der Waals surface area (Å²) in [5.74, 6) is -0.215. The Kier molecular flexibility index (Phi) is 2.08. The number of benzene rings is 1. The van der Waals surface area contributed by atoms with Crippen molar-refractivity contribution < 1.29 is 4.39 Å². The molecule has 0 saturated carbocycles. The summed E-state index contributed by atoms with van der Waals surface area (Å²) in [4.78, 5) is 3.79. The highest BCUT2D eigenvalue weighted by molar-refractivity contribution is 5.74. The molecule has 3 heteroatoms. The standard InChI is InChI=1S/C10H8FN2/c11-10-4-2-1-3-9(10)8-5-12-7-13-6-8/h1-5H,6H2,(H,12,13).